The Balaban J connectivity index is 1.15. The van der Waals surface area contributed by atoms with Gasteiger partial charge in [0.25, 0.3) is 0 Å². The Morgan fingerprint density at radius 3 is 2.75 bits per heavy atom. The molecule has 4 nitrogen and oxygen atoms in total. The Kier molecular flexibility index (Phi) is 6.34. The number of nitrogens with one attached hydrogen (secondary N) is 1. The van der Waals surface area contributed by atoms with Gasteiger partial charge >= 0.3 is 0 Å². The van der Waals surface area contributed by atoms with Gasteiger partial charge in [0.15, 0.2) is 11.5 Å². The maximum absolute atomic E-state index is 12.5. The Hall–Kier alpha value is -3.05. The minimum atomic E-state index is 0.187. The van der Waals surface area contributed by atoms with Crippen molar-refractivity contribution in [3.8, 4) is 11.5 Å². The third-order valence-corrected chi connectivity index (χ3v) is 8.35. The van der Waals surface area contributed by atoms with Gasteiger partial charge in [-0.1, -0.05) is 70.0 Å². The Morgan fingerprint density at radius 2 is 1.89 bits per heavy atom. The predicted molar refractivity (Wildman–Crippen MR) is 146 cm³/mol. The van der Waals surface area contributed by atoms with Crippen molar-refractivity contribution >= 4 is 27.4 Å². The van der Waals surface area contributed by atoms with Gasteiger partial charge in [0.05, 0.1) is 6.04 Å². The Morgan fingerprint density at radius 1 is 1.03 bits per heavy atom. The summed E-state index contributed by atoms with van der Waals surface area (Å²) in [5.74, 6) is 2.75. The fourth-order valence-electron chi connectivity index (χ4n) is 5.91. The van der Waals surface area contributed by atoms with Crippen molar-refractivity contribution in [2.45, 2.75) is 51.0 Å². The number of halogens is 1. The first-order valence-corrected chi connectivity index (χ1v) is 13.6. The summed E-state index contributed by atoms with van der Waals surface area (Å²) < 4.78 is 12.3. The van der Waals surface area contributed by atoms with Crippen LogP contribution in [-0.2, 0) is 17.6 Å². The number of carbonyl (C=O) groups is 1. The molecule has 0 spiro atoms. The number of hydrogen-bond donors (Lipinski definition) is 1. The van der Waals surface area contributed by atoms with E-state index in [2.05, 4.69) is 76.7 Å². The number of Topliss-reactive ketones (excluding diaryl/α,β-unsaturated/α-hetero) is 1. The van der Waals surface area contributed by atoms with Crippen molar-refractivity contribution in [1.29, 1.82) is 0 Å². The van der Waals surface area contributed by atoms with Crippen LogP contribution in [0.4, 0.5) is 5.69 Å². The third kappa shape index (κ3) is 4.57. The van der Waals surface area contributed by atoms with Gasteiger partial charge in [-0.05, 0) is 72.6 Å². The summed E-state index contributed by atoms with van der Waals surface area (Å²) in [6, 6.07) is 19.4. The van der Waals surface area contributed by atoms with Gasteiger partial charge < -0.3 is 14.8 Å². The number of ether oxygens (including phenoxy) is 2. The second-order valence-corrected chi connectivity index (χ2v) is 11.0. The largest absolute Gasteiger partial charge is 0.454 e. The molecule has 184 valence electrons. The van der Waals surface area contributed by atoms with Gasteiger partial charge in [-0.2, -0.15) is 0 Å². The molecule has 1 aliphatic carbocycles. The van der Waals surface area contributed by atoms with Crippen molar-refractivity contribution in [2.24, 2.45) is 5.92 Å². The molecule has 5 heteroatoms. The zero-order valence-corrected chi connectivity index (χ0v) is 22.0. The first kappa shape index (κ1) is 23.4. The normalized spacial score (nSPS) is 21.1. The van der Waals surface area contributed by atoms with Crippen molar-refractivity contribution in [1.82, 2.24) is 0 Å². The maximum Gasteiger partial charge on any atom is 0.231 e. The van der Waals surface area contributed by atoms with Crippen LogP contribution >= 0.6 is 15.9 Å². The number of hydrogen-bond acceptors (Lipinski definition) is 4. The van der Waals surface area contributed by atoms with Crippen LogP contribution in [0.15, 0.2) is 71.2 Å². The van der Waals surface area contributed by atoms with Crippen LogP contribution in [0, 0.1) is 12.8 Å². The van der Waals surface area contributed by atoms with Crippen molar-refractivity contribution in [3.63, 3.8) is 0 Å². The fourth-order valence-corrected chi connectivity index (χ4v) is 6.48. The second kappa shape index (κ2) is 9.78. The molecule has 6 rings (SSSR count). The van der Waals surface area contributed by atoms with Crippen LogP contribution in [0.1, 0.15) is 59.0 Å². The SMILES string of the molecule is Cc1cccc(CC(=O)CCCc2ccc3c(c2)[C@@H]2C=CC[C@@H]2C(c2cc4c(cc2Br)OCO4)N3)c1. The second-order valence-electron chi connectivity index (χ2n) is 10.2. The molecule has 0 amide bonds. The van der Waals surface area contributed by atoms with E-state index in [-0.39, 0.29) is 12.8 Å². The zero-order chi connectivity index (χ0) is 24.6. The molecule has 3 aliphatic rings. The van der Waals surface area contributed by atoms with E-state index in [1.54, 1.807) is 0 Å². The predicted octanol–water partition coefficient (Wildman–Crippen LogP) is 7.45. The topological polar surface area (TPSA) is 47.6 Å². The van der Waals surface area contributed by atoms with E-state index in [0.29, 0.717) is 30.5 Å². The summed E-state index contributed by atoms with van der Waals surface area (Å²) in [5, 5.41) is 3.83. The quantitative estimate of drug-likeness (QED) is 0.314. The molecule has 0 bridgehead atoms. The van der Waals surface area contributed by atoms with Gasteiger partial charge in [0.2, 0.25) is 6.79 Å². The van der Waals surface area contributed by atoms with Crippen LogP contribution < -0.4 is 14.8 Å². The maximum atomic E-state index is 12.5. The van der Waals surface area contributed by atoms with E-state index in [1.807, 2.05) is 18.2 Å². The molecule has 2 heterocycles. The Bertz CT molecular complexity index is 1350. The lowest BCUT2D eigenvalue weighted by Gasteiger charge is -2.38. The van der Waals surface area contributed by atoms with Gasteiger partial charge in [0, 0.05) is 28.9 Å². The first-order valence-electron chi connectivity index (χ1n) is 12.8. The van der Waals surface area contributed by atoms with Crippen LogP contribution in [0.5, 0.6) is 11.5 Å². The van der Waals surface area contributed by atoms with Gasteiger partial charge in [0.1, 0.15) is 5.78 Å². The minimum Gasteiger partial charge on any atom is -0.454 e. The molecule has 1 N–H and O–H groups in total. The van der Waals surface area contributed by atoms with Crippen molar-refractivity contribution in [3.05, 3.63) is 99.0 Å². The van der Waals surface area contributed by atoms with Gasteiger partial charge in [-0.25, -0.2) is 0 Å². The standard InChI is InChI=1S/C31H30BrNO3/c1-19-5-2-7-21(13-19)14-22(34)8-3-6-20-11-12-28-25(15-20)23-9-4-10-24(23)31(33-28)26-16-29-30(17-27(26)32)36-18-35-29/h2,4-5,7,9,11-13,15-17,23-24,31,33H,3,6,8,10,14,18H2,1H3/t23-,24+,31?/m1/s1. The molecule has 0 saturated heterocycles. The number of ketones is 1. The highest BCUT2D eigenvalue weighted by Gasteiger charge is 2.39. The average Bonchev–Trinajstić information content (AvgIpc) is 3.53. The van der Waals surface area contributed by atoms with Crippen LogP contribution in [0.25, 0.3) is 0 Å². The highest BCUT2D eigenvalue weighted by Crippen LogP contribution is 2.52. The fraction of sp³-hybridized carbons (Fsp3) is 0.323. The van der Waals surface area contributed by atoms with E-state index in [9.17, 15) is 4.79 Å². The molecule has 0 fully saturated rings. The lowest BCUT2D eigenvalue weighted by molar-refractivity contribution is -0.118. The number of fused-ring (bicyclic) bond motifs is 4. The molecule has 1 unspecified atom stereocenters. The molecular formula is C31H30BrNO3. The van der Waals surface area contributed by atoms with Crippen molar-refractivity contribution < 1.29 is 14.3 Å². The Labute approximate surface area is 220 Å². The molecule has 36 heavy (non-hydrogen) atoms. The summed E-state index contributed by atoms with van der Waals surface area (Å²) in [6.45, 7) is 2.35. The zero-order valence-electron chi connectivity index (χ0n) is 20.4. The number of benzene rings is 3. The summed E-state index contributed by atoms with van der Waals surface area (Å²) in [6.07, 6.45) is 8.68. The van der Waals surface area contributed by atoms with Gasteiger partial charge in [-0.15, -0.1) is 0 Å². The summed E-state index contributed by atoms with van der Waals surface area (Å²) in [4.78, 5) is 12.5. The molecule has 3 aromatic rings. The molecule has 0 saturated carbocycles. The van der Waals surface area contributed by atoms with Crippen LogP contribution in [0.3, 0.4) is 0 Å². The van der Waals surface area contributed by atoms with Gasteiger partial charge in [-0.3, -0.25) is 4.79 Å². The van der Waals surface area contributed by atoms with E-state index >= 15 is 0 Å². The summed E-state index contributed by atoms with van der Waals surface area (Å²) in [7, 11) is 0. The average molecular weight is 544 g/mol. The smallest absolute Gasteiger partial charge is 0.231 e. The van der Waals surface area contributed by atoms with Crippen molar-refractivity contribution in [2.75, 3.05) is 12.1 Å². The van der Waals surface area contributed by atoms with E-state index in [4.69, 9.17) is 9.47 Å². The molecule has 2 aliphatic heterocycles. The number of rotatable bonds is 7. The number of carbonyl (C=O) groups excluding carboxylic acids is 1. The van der Waals surface area contributed by atoms with E-state index < -0.39 is 0 Å². The first-order chi connectivity index (χ1) is 17.5. The molecule has 3 atom stereocenters. The number of allylic oxidation sites excluding steroid dienone is 2. The molecule has 0 aromatic heterocycles. The molecular weight excluding hydrogens is 514 g/mol. The summed E-state index contributed by atoms with van der Waals surface area (Å²) >= 11 is 3.77. The van der Waals surface area contributed by atoms with Crippen LogP contribution in [-0.4, -0.2) is 12.6 Å². The van der Waals surface area contributed by atoms with E-state index in [0.717, 1.165) is 40.8 Å². The number of anilines is 1. The lowest BCUT2D eigenvalue weighted by Crippen LogP contribution is -2.29. The van der Waals surface area contributed by atoms with Crippen LogP contribution in [0.2, 0.25) is 0 Å². The monoisotopic (exact) mass is 543 g/mol. The minimum absolute atomic E-state index is 0.187. The highest BCUT2D eigenvalue weighted by atomic mass is 79.9. The third-order valence-electron chi connectivity index (χ3n) is 7.66. The highest BCUT2D eigenvalue weighted by molar-refractivity contribution is 9.10. The number of aryl methyl sites for hydroxylation is 2. The van der Waals surface area contributed by atoms with E-state index in [1.165, 1.54) is 27.9 Å². The molecule has 0 radical (unpaired) electrons. The molecule has 3 aromatic carbocycles. The summed E-state index contributed by atoms with van der Waals surface area (Å²) in [5.41, 5.74) is 7.39. The lowest BCUT2D eigenvalue weighted by atomic mass is 9.76.